The molecule has 6 nitrogen and oxygen atoms in total. The van der Waals surface area contributed by atoms with E-state index in [1.165, 1.54) is 0 Å². The molecular weight excluding hydrogens is 358 g/mol. The van der Waals surface area contributed by atoms with Gasteiger partial charge in [0.1, 0.15) is 0 Å². The van der Waals surface area contributed by atoms with Gasteiger partial charge in [-0.1, -0.05) is 12.1 Å². The highest BCUT2D eigenvalue weighted by Gasteiger charge is 2.15. The molecular formula is C19H20F2N2O4. The van der Waals surface area contributed by atoms with Gasteiger partial charge in [0.25, 0.3) is 0 Å². The molecule has 0 unspecified atom stereocenters. The summed E-state index contributed by atoms with van der Waals surface area (Å²) in [5.41, 5.74) is 1.10. The normalized spacial score (nSPS) is 10.6. The first-order valence-electron chi connectivity index (χ1n) is 8.29. The van der Waals surface area contributed by atoms with E-state index in [1.807, 2.05) is 0 Å². The predicted molar refractivity (Wildman–Crippen MR) is 97.2 cm³/mol. The Kier molecular flexibility index (Phi) is 6.70. The van der Waals surface area contributed by atoms with Crippen molar-refractivity contribution in [2.75, 3.05) is 10.6 Å². The van der Waals surface area contributed by atoms with E-state index in [2.05, 4.69) is 10.6 Å². The number of nitrogens with one attached hydrogen (secondary N) is 2. The highest BCUT2D eigenvalue weighted by molar-refractivity contribution is 5.99. The van der Waals surface area contributed by atoms with Gasteiger partial charge in [0.2, 0.25) is 0 Å². The minimum atomic E-state index is -0.922. The Bertz CT molecular complexity index is 817. The van der Waals surface area contributed by atoms with E-state index in [1.54, 1.807) is 38.1 Å². The molecule has 8 heteroatoms. The molecule has 144 valence electrons. The monoisotopic (exact) mass is 378 g/mol. The molecule has 0 atom stereocenters. The van der Waals surface area contributed by atoms with Crippen molar-refractivity contribution in [2.24, 2.45) is 0 Å². The van der Waals surface area contributed by atoms with Crippen molar-refractivity contribution in [1.82, 2.24) is 0 Å². The number of carboxylic acid groups (broad SMARTS) is 1. The van der Waals surface area contributed by atoms with Crippen LogP contribution in [0, 0.1) is 11.6 Å². The minimum absolute atomic E-state index is 0.0288. The number of carbonyl (C=O) groups excluding carboxylic acids is 1. The van der Waals surface area contributed by atoms with E-state index in [4.69, 9.17) is 9.84 Å². The first-order valence-corrected chi connectivity index (χ1v) is 8.29. The standard InChI is InChI=1S/C19H20F2N2O4/c1-11(2)27-18-15(20)9-14(10-16(18)21)23-19(26)22-13-5-3-4-12(8-13)6-7-17(24)25/h3-5,8-11H,6-7H2,1-2H3,(H,24,25)(H2,22,23,26). The number of carboxylic acids is 1. The van der Waals surface area contributed by atoms with Crippen LogP contribution in [0.5, 0.6) is 5.75 Å². The second-order valence-corrected chi connectivity index (χ2v) is 6.11. The Balaban J connectivity index is 2.03. The SMILES string of the molecule is CC(C)Oc1c(F)cc(NC(=O)Nc2cccc(CCC(=O)O)c2)cc1F. The van der Waals surface area contributed by atoms with Crippen LogP contribution in [0.25, 0.3) is 0 Å². The van der Waals surface area contributed by atoms with E-state index in [-0.39, 0.29) is 12.1 Å². The molecule has 0 aliphatic carbocycles. The number of amides is 2. The van der Waals surface area contributed by atoms with Crippen molar-refractivity contribution >= 4 is 23.4 Å². The molecule has 0 aromatic heterocycles. The van der Waals surface area contributed by atoms with E-state index in [9.17, 15) is 18.4 Å². The number of aliphatic carboxylic acids is 1. The van der Waals surface area contributed by atoms with Crippen LogP contribution < -0.4 is 15.4 Å². The summed E-state index contributed by atoms with van der Waals surface area (Å²) < 4.78 is 33.0. The van der Waals surface area contributed by atoms with Gasteiger partial charge in [-0.05, 0) is 38.0 Å². The van der Waals surface area contributed by atoms with E-state index >= 15 is 0 Å². The van der Waals surface area contributed by atoms with Crippen molar-refractivity contribution < 1.29 is 28.2 Å². The van der Waals surface area contributed by atoms with Crippen molar-refractivity contribution in [3.05, 3.63) is 53.6 Å². The number of halogens is 2. The summed E-state index contributed by atoms with van der Waals surface area (Å²) >= 11 is 0. The highest BCUT2D eigenvalue weighted by atomic mass is 19.1. The van der Waals surface area contributed by atoms with Gasteiger partial charge in [-0.3, -0.25) is 4.79 Å². The van der Waals surface area contributed by atoms with Crippen LogP contribution in [0.15, 0.2) is 36.4 Å². The zero-order chi connectivity index (χ0) is 20.0. The molecule has 0 saturated heterocycles. The highest BCUT2D eigenvalue weighted by Crippen LogP contribution is 2.26. The van der Waals surface area contributed by atoms with Crippen LogP contribution >= 0.6 is 0 Å². The summed E-state index contributed by atoms with van der Waals surface area (Å²) in [6.07, 6.45) is -0.108. The molecule has 2 aromatic rings. The maximum absolute atomic E-state index is 14.0. The summed E-state index contributed by atoms with van der Waals surface area (Å²) in [6, 6.07) is 7.89. The Morgan fingerprint density at radius 3 is 2.30 bits per heavy atom. The largest absolute Gasteiger partial charge is 0.485 e. The topological polar surface area (TPSA) is 87.7 Å². The van der Waals surface area contributed by atoms with Crippen LogP contribution in [0.4, 0.5) is 25.0 Å². The minimum Gasteiger partial charge on any atom is -0.485 e. The lowest BCUT2D eigenvalue weighted by molar-refractivity contribution is -0.136. The van der Waals surface area contributed by atoms with Gasteiger partial charge in [-0.25, -0.2) is 13.6 Å². The van der Waals surface area contributed by atoms with Crippen molar-refractivity contribution in [2.45, 2.75) is 32.8 Å². The lowest BCUT2D eigenvalue weighted by Crippen LogP contribution is -2.20. The summed E-state index contributed by atoms with van der Waals surface area (Å²) in [6.45, 7) is 3.28. The third kappa shape index (κ3) is 6.25. The maximum Gasteiger partial charge on any atom is 0.323 e. The Morgan fingerprint density at radius 2 is 1.70 bits per heavy atom. The van der Waals surface area contributed by atoms with E-state index < -0.39 is 35.5 Å². The third-order valence-electron chi connectivity index (χ3n) is 3.42. The van der Waals surface area contributed by atoms with Crippen LogP contribution in [0.1, 0.15) is 25.8 Å². The molecule has 0 saturated carbocycles. The molecule has 0 fully saturated rings. The van der Waals surface area contributed by atoms with E-state index in [0.29, 0.717) is 12.1 Å². The molecule has 0 aliphatic rings. The van der Waals surface area contributed by atoms with Crippen molar-refractivity contribution in [3.63, 3.8) is 0 Å². The number of carbonyl (C=O) groups is 2. The molecule has 0 spiro atoms. The molecule has 2 amide bonds. The van der Waals surface area contributed by atoms with Gasteiger partial charge in [-0.2, -0.15) is 0 Å². The zero-order valence-corrected chi connectivity index (χ0v) is 14.9. The fourth-order valence-electron chi connectivity index (χ4n) is 2.33. The maximum atomic E-state index is 14.0. The Hall–Kier alpha value is -3.16. The average molecular weight is 378 g/mol. The molecule has 2 aromatic carbocycles. The number of urea groups is 1. The first-order chi connectivity index (χ1) is 12.7. The van der Waals surface area contributed by atoms with Crippen molar-refractivity contribution in [3.8, 4) is 5.75 Å². The van der Waals surface area contributed by atoms with Crippen LogP contribution in [0.2, 0.25) is 0 Å². The molecule has 27 heavy (non-hydrogen) atoms. The number of aryl methyl sites for hydroxylation is 1. The second kappa shape index (κ2) is 8.98. The van der Waals surface area contributed by atoms with Crippen LogP contribution in [0.3, 0.4) is 0 Å². The second-order valence-electron chi connectivity index (χ2n) is 6.11. The number of hydrogen-bond donors (Lipinski definition) is 3. The number of hydrogen-bond acceptors (Lipinski definition) is 3. The predicted octanol–water partition coefficient (Wildman–Crippen LogP) is 4.41. The number of anilines is 2. The number of rotatable bonds is 7. The smallest absolute Gasteiger partial charge is 0.323 e. The summed E-state index contributed by atoms with van der Waals surface area (Å²) in [5.74, 6) is -3.26. The van der Waals surface area contributed by atoms with Gasteiger partial charge < -0.3 is 20.5 Å². The lowest BCUT2D eigenvalue weighted by Gasteiger charge is -2.13. The van der Waals surface area contributed by atoms with Gasteiger partial charge in [0.15, 0.2) is 17.4 Å². The molecule has 0 radical (unpaired) electrons. The third-order valence-corrected chi connectivity index (χ3v) is 3.42. The first kappa shape index (κ1) is 20.2. The quantitative estimate of drug-likeness (QED) is 0.666. The summed E-state index contributed by atoms with van der Waals surface area (Å²) in [5, 5.41) is 13.6. The molecule has 0 heterocycles. The number of benzene rings is 2. The lowest BCUT2D eigenvalue weighted by atomic mass is 10.1. The molecule has 3 N–H and O–H groups in total. The zero-order valence-electron chi connectivity index (χ0n) is 14.9. The molecule has 2 rings (SSSR count). The van der Waals surface area contributed by atoms with Gasteiger partial charge in [0, 0.05) is 29.9 Å². The molecule has 0 bridgehead atoms. The summed E-state index contributed by atoms with van der Waals surface area (Å²) in [7, 11) is 0. The Morgan fingerprint density at radius 1 is 1.07 bits per heavy atom. The van der Waals surface area contributed by atoms with E-state index in [0.717, 1.165) is 17.7 Å². The van der Waals surface area contributed by atoms with Gasteiger partial charge >= 0.3 is 12.0 Å². The van der Waals surface area contributed by atoms with Crippen LogP contribution in [-0.2, 0) is 11.2 Å². The fourth-order valence-corrected chi connectivity index (χ4v) is 2.33. The molecule has 0 aliphatic heterocycles. The Labute approximate surface area is 155 Å². The van der Waals surface area contributed by atoms with Gasteiger partial charge in [-0.15, -0.1) is 0 Å². The van der Waals surface area contributed by atoms with Crippen LogP contribution in [-0.4, -0.2) is 23.2 Å². The fraction of sp³-hybridized carbons (Fsp3) is 0.263. The number of ether oxygens (including phenoxy) is 1. The van der Waals surface area contributed by atoms with Crippen molar-refractivity contribution in [1.29, 1.82) is 0 Å². The average Bonchev–Trinajstić information content (AvgIpc) is 2.56. The summed E-state index contributed by atoms with van der Waals surface area (Å²) in [4.78, 5) is 22.7. The van der Waals surface area contributed by atoms with Gasteiger partial charge in [0.05, 0.1) is 6.10 Å².